The largest absolute Gasteiger partial charge is 0.480 e. The second kappa shape index (κ2) is 7.15. The molecule has 1 aliphatic carbocycles. The molecule has 0 bridgehead atoms. The van der Waals surface area contributed by atoms with E-state index in [-0.39, 0.29) is 24.5 Å². The van der Waals surface area contributed by atoms with Gasteiger partial charge in [-0.2, -0.15) is 0 Å². The molecule has 2 rings (SSSR count). The van der Waals surface area contributed by atoms with Gasteiger partial charge in [0.1, 0.15) is 17.6 Å². The molecule has 1 fully saturated rings. The smallest absolute Gasteiger partial charge is 0.326 e. The summed E-state index contributed by atoms with van der Waals surface area (Å²) in [5, 5.41) is 11.7. The molecule has 2 N–H and O–H groups in total. The van der Waals surface area contributed by atoms with E-state index in [1.165, 1.54) is 18.2 Å². The van der Waals surface area contributed by atoms with Crippen LogP contribution in [0.3, 0.4) is 0 Å². The molecule has 0 aliphatic heterocycles. The summed E-state index contributed by atoms with van der Waals surface area (Å²) in [7, 11) is 0. The second-order valence-corrected chi connectivity index (χ2v) is 5.59. The van der Waals surface area contributed by atoms with Gasteiger partial charge in [0, 0.05) is 12.8 Å². The number of carbonyl (C=O) groups excluding carboxylic acids is 2. The number of nitrogens with one attached hydrogen (secondary N) is 1. The van der Waals surface area contributed by atoms with Gasteiger partial charge in [-0.1, -0.05) is 12.1 Å². The molecule has 1 aliphatic rings. The highest BCUT2D eigenvalue weighted by atomic mass is 19.1. The van der Waals surface area contributed by atoms with Gasteiger partial charge < -0.3 is 10.4 Å². The molecule has 6 heteroatoms. The van der Waals surface area contributed by atoms with Crippen LogP contribution in [0.1, 0.15) is 31.2 Å². The van der Waals surface area contributed by atoms with Crippen LogP contribution in [-0.4, -0.2) is 28.8 Å². The first-order valence-corrected chi connectivity index (χ1v) is 7.24. The number of aliphatic carboxylic acids is 1. The number of carboxylic acids is 1. The summed E-state index contributed by atoms with van der Waals surface area (Å²) in [4.78, 5) is 34.8. The molecular formula is C16H18FNO4. The molecular weight excluding hydrogens is 289 g/mol. The maximum absolute atomic E-state index is 13.1. The molecule has 2 atom stereocenters. The van der Waals surface area contributed by atoms with E-state index in [1.54, 1.807) is 6.07 Å². The topological polar surface area (TPSA) is 83.5 Å². The molecule has 1 amide bonds. The average Bonchev–Trinajstić information content (AvgIpc) is 2.44. The second-order valence-electron chi connectivity index (χ2n) is 5.59. The van der Waals surface area contributed by atoms with Crippen molar-refractivity contribution < 1.29 is 23.9 Å². The van der Waals surface area contributed by atoms with Gasteiger partial charge in [0.25, 0.3) is 0 Å². The van der Waals surface area contributed by atoms with Crippen molar-refractivity contribution in [3.05, 3.63) is 35.6 Å². The van der Waals surface area contributed by atoms with Crippen molar-refractivity contribution in [3.63, 3.8) is 0 Å². The summed E-state index contributed by atoms with van der Waals surface area (Å²) in [6.45, 7) is 0. The Bertz CT molecular complexity index is 587. The fourth-order valence-electron chi connectivity index (χ4n) is 2.78. The standard InChI is InChI=1S/C16H18FNO4/c17-12-5-1-3-10(7-12)8-14(20)18-15(16(21)22)11-4-2-6-13(19)9-11/h1,3,5,7,11,15H,2,4,6,8-9H2,(H,18,20)(H,21,22)/t11-,15+/m0/s1. The Labute approximate surface area is 127 Å². The number of benzene rings is 1. The predicted octanol–water partition coefficient (Wildman–Crippen LogP) is 1.70. The summed E-state index contributed by atoms with van der Waals surface area (Å²) in [5.74, 6) is -2.43. The van der Waals surface area contributed by atoms with Gasteiger partial charge >= 0.3 is 5.97 Å². The fourth-order valence-corrected chi connectivity index (χ4v) is 2.78. The van der Waals surface area contributed by atoms with E-state index in [0.29, 0.717) is 24.8 Å². The van der Waals surface area contributed by atoms with Crippen LogP contribution in [0.4, 0.5) is 4.39 Å². The summed E-state index contributed by atoms with van der Waals surface area (Å²) < 4.78 is 13.1. The van der Waals surface area contributed by atoms with Crippen LogP contribution in [0.25, 0.3) is 0 Å². The van der Waals surface area contributed by atoms with Crippen LogP contribution in [0, 0.1) is 11.7 Å². The predicted molar refractivity (Wildman–Crippen MR) is 76.6 cm³/mol. The highest BCUT2D eigenvalue weighted by Crippen LogP contribution is 2.24. The van der Waals surface area contributed by atoms with Gasteiger partial charge in [-0.25, -0.2) is 9.18 Å². The van der Waals surface area contributed by atoms with Gasteiger partial charge in [0.15, 0.2) is 0 Å². The van der Waals surface area contributed by atoms with Crippen LogP contribution in [-0.2, 0) is 20.8 Å². The van der Waals surface area contributed by atoms with E-state index in [2.05, 4.69) is 5.32 Å². The molecule has 0 aromatic heterocycles. The van der Waals surface area contributed by atoms with E-state index >= 15 is 0 Å². The molecule has 0 spiro atoms. The molecule has 0 radical (unpaired) electrons. The molecule has 1 saturated carbocycles. The van der Waals surface area contributed by atoms with Crippen LogP contribution in [0.15, 0.2) is 24.3 Å². The zero-order valence-electron chi connectivity index (χ0n) is 12.0. The van der Waals surface area contributed by atoms with E-state index in [1.807, 2.05) is 0 Å². The molecule has 118 valence electrons. The fraction of sp³-hybridized carbons (Fsp3) is 0.438. The molecule has 22 heavy (non-hydrogen) atoms. The Balaban J connectivity index is 1.99. The number of carbonyl (C=O) groups is 3. The van der Waals surface area contributed by atoms with Gasteiger partial charge in [-0.15, -0.1) is 0 Å². The first kappa shape index (κ1) is 16.1. The Morgan fingerprint density at radius 3 is 2.82 bits per heavy atom. The van der Waals surface area contributed by atoms with Crippen molar-refractivity contribution in [2.45, 2.75) is 38.1 Å². The summed E-state index contributed by atoms with van der Waals surface area (Å²) >= 11 is 0. The number of rotatable bonds is 5. The van der Waals surface area contributed by atoms with Crippen LogP contribution < -0.4 is 5.32 Å². The zero-order valence-corrected chi connectivity index (χ0v) is 12.0. The van der Waals surface area contributed by atoms with Crippen molar-refractivity contribution in [2.24, 2.45) is 5.92 Å². The average molecular weight is 307 g/mol. The van der Waals surface area contributed by atoms with E-state index in [0.717, 1.165) is 0 Å². The van der Waals surface area contributed by atoms with Crippen molar-refractivity contribution >= 4 is 17.7 Å². The van der Waals surface area contributed by atoms with Crippen LogP contribution in [0.5, 0.6) is 0 Å². The molecule has 5 nitrogen and oxygen atoms in total. The molecule has 1 aromatic rings. The minimum absolute atomic E-state index is 0.0295. The maximum atomic E-state index is 13.1. The molecule has 1 aromatic carbocycles. The number of carboxylic acid groups (broad SMARTS) is 1. The zero-order chi connectivity index (χ0) is 16.1. The summed E-state index contributed by atoms with van der Waals surface area (Å²) in [5.41, 5.74) is 0.473. The van der Waals surface area contributed by atoms with Crippen molar-refractivity contribution in [3.8, 4) is 0 Å². The quantitative estimate of drug-likeness (QED) is 0.867. The highest BCUT2D eigenvalue weighted by Gasteiger charge is 2.33. The van der Waals surface area contributed by atoms with Crippen molar-refractivity contribution in [2.75, 3.05) is 0 Å². The lowest BCUT2D eigenvalue weighted by molar-refractivity contribution is -0.144. The number of amides is 1. The van der Waals surface area contributed by atoms with Gasteiger partial charge in [0.2, 0.25) is 5.91 Å². The Hall–Kier alpha value is -2.24. The third-order valence-corrected chi connectivity index (χ3v) is 3.83. The Kier molecular flexibility index (Phi) is 5.25. The monoisotopic (exact) mass is 307 g/mol. The lowest BCUT2D eigenvalue weighted by Crippen LogP contribution is -2.47. The lowest BCUT2D eigenvalue weighted by atomic mass is 9.83. The number of hydrogen-bond acceptors (Lipinski definition) is 3. The number of hydrogen-bond donors (Lipinski definition) is 2. The lowest BCUT2D eigenvalue weighted by Gasteiger charge is -2.27. The normalized spacial score (nSPS) is 19.5. The van der Waals surface area contributed by atoms with Crippen LogP contribution >= 0.6 is 0 Å². The Morgan fingerprint density at radius 2 is 2.18 bits per heavy atom. The first-order chi connectivity index (χ1) is 10.5. The SMILES string of the molecule is O=C1CCC[C@H]([C@@H](NC(=O)Cc2cccc(F)c2)C(=O)O)C1. The van der Waals surface area contributed by atoms with E-state index in [4.69, 9.17) is 0 Å². The molecule has 0 saturated heterocycles. The third-order valence-electron chi connectivity index (χ3n) is 3.83. The number of ketones is 1. The highest BCUT2D eigenvalue weighted by molar-refractivity contribution is 5.86. The summed E-state index contributed by atoms with van der Waals surface area (Å²) in [6.07, 6.45) is 1.80. The van der Waals surface area contributed by atoms with Crippen molar-refractivity contribution in [1.82, 2.24) is 5.32 Å². The van der Waals surface area contributed by atoms with E-state index < -0.39 is 23.7 Å². The van der Waals surface area contributed by atoms with E-state index in [9.17, 15) is 23.9 Å². The Morgan fingerprint density at radius 1 is 1.41 bits per heavy atom. The third kappa shape index (κ3) is 4.38. The van der Waals surface area contributed by atoms with Crippen molar-refractivity contribution in [1.29, 1.82) is 0 Å². The molecule has 0 heterocycles. The summed E-state index contributed by atoms with van der Waals surface area (Å²) in [6, 6.07) is 4.52. The van der Waals surface area contributed by atoms with Gasteiger partial charge in [-0.05, 0) is 36.5 Å². The minimum Gasteiger partial charge on any atom is -0.480 e. The van der Waals surface area contributed by atoms with Gasteiger partial charge in [-0.3, -0.25) is 9.59 Å². The molecule has 0 unspecified atom stereocenters. The number of Topliss-reactive ketones (excluding diaryl/α,β-unsaturated/α-hetero) is 1. The van der Waals surface area contributed by atoms with Gasteiger partial charge in [0.05, 0.1) is 6.42 Å². The van der Waals surface area contributed by atoms with Crippen LogP contribution in [0.2, 0.25) is 0 Å². The maximum Gasteiger partial charge on any atom is 0.326 e. The number of halogens is 1. The first-order valence-electron chi connectivity index (χ1n) is 7.24. The minimum atomic E-state index is -1.15.